The lowest BCUT2D eigenvalue weighted by molar-refractivity contribution is 0.954. The summed E-state index contributed by atoms with van der Waals surface area (Å²) in [5, 5.41) is 0. The van der Waals surface area contributed by atoms with Crippen LogP contribution in [0.3, 0.4) is 0 Å². The summed E-state index contributed by atoms with van der Waals surface area (Å²) in [4.78, 5) is 15.1. The Labute approximate surface area is 90.3 Å². The van der Waals surface area contributed by atoms with E-state index >= 15 is 0 Å². The number of nitrogens with one attached hydrogen (secondary N) is 2. The van der Waals surface area contributed by atoms with Crippen molar-refractivity contribution < 1.29 is 0 Å². The van der Waals surface area contributed by atoms with Crippen LogP contribution in [-0.2, 0) is 0 Å². The van der Waals surface area contributed by atoms with Gasteiger partial charge in [-0.1, -0.05) is 0 Å². The smallest absolute Gasteiger partial charge is 0.224 e. The van der Waals surface area contributed by atoms with Gasteiger partial charge < -0.3 is 10.7 Å². The molecule has 3 rings (SSSR count). The molecule has 4 N–H and O–H groups in total. The van der Waals surface area contributed by atoms with E-state index in [0.29, 0.717) is 11.5 Å². The molecule has 0 aliphatic heterocycles. The predicted octanol–water partition coefficient (Wildman–Crippen LogP) is 0.612. The van der Waals surface area contributed by atoms with Gasteiger partial charge in [0.1, 0.15) is 5.52 Å². The second-order valence-corrected chi connectivity index (χ2v) is 3.23. The van der Waals surface area contributed by atoms with Crippen LogP contribution in [0.25, 0.3) is 11.2 Å². The number of aromatic amines is 1. The minimum Gasteiger partial charge on any atom is -0.368 e. The summed E-state index contributed by atoms with van der Waals surface area (Å²) in [6, 6.07) is 3.81. The number of nitrogen functional groups attached to an aromatic ring is 1. The Morgan fingerprint density at radius 1 is 1.25 bits per heavy atom. The minimum atomic E-state index is 0.189. The first-order chi connectivity index (χ1) is 7.83. The minimum absolute atomic E-state index is 0.189. The number of rotatable bonds is 2. The molecule has 0 aliphatic carbocycles. The molecule has 0 unspecified atom stereocenters. The zero-order valence-corrected chi connectivity index (χ0v) is 8.25. The topological polar surface area (TPSA) is 97.4 Å². The highest BCUT2D eigenvalue weighted by atomic mass is 15.4. The summed E-state index contributed by atoms with van der Waals surface area (Å²) in [6.45, 7) is 0. The van der Waals surface area contributed by atoms with E-state index in [1.165, 1.54) is 0 Å². The Bertz CT molecular complexity index is 610. The molecule has 7 nitrogen and oxygen atoms in total. The lowest BCUT2D eigenvalue weighted by Crippen LogP contribution is -2.09. The van der Waals surface area contributed by atoms with Gasteiger partial charge in [-0.3, -0.25) is 10.1 Å². The van der Waals surface area contributed by atoms with Crippen LogP contribution in [0.4, 0.5) is 11.8 Å². The van der Waals surface area contributed by atoms with E-state index in [4.69, 9.17) is 5.73 Å². The molecule has 0 aliphatic rings. The highest BCUT2D eigenvalue weighted by Crippen LogP contribution is 2.17. The van der Waals surface area contributed by atoms with Gasteiger partial charge in [-0.2, -0.15) is 9.97 Å². The second-order valence-electron chi connectivity index (χ2n) is 3.23. The molecule has 0 radical (unpaired) electrons. The summed E-state index contributed by atoms with van der Waals surface area (Å²) in [5.41, 5.74) is 9.92. The van der Waals surface area contributed by atoms with Crippen LogP contribution in [0.5, 0.6) is 0 Å². The molecule has 0 spiro atoms. The molecule has 0 aromatic carbocycles. The molecule has 0 fully saturated rings. The third-order valence-electron chi connectivity index (χ3n) is 2.14. The summed E-state index contributed by atoms with van der Waals surface area (Å²) in [7, 11) is 0. The number of hydrogen-bond acceptors (Lipinski definition) is 5. The third-order valence-corrected chi connectivity index (χ3v) is 2.14. The Morgan fingerprint density at radius 3 is 2.88 bits per heavy atom. The normalized spacial score (nSPS) is 10.8. The Balaban J connectivity index is 2.11. The monoisotopic (exact) mass is 215 g/mol. The van der Waals surface area contributed by atoms with E-state index in [2.05, 4.69) is 25.4 Å². The van der Waals surface area contributed by atoms with Gasteiger partial charge in [-0.15, -0.1) is 0 Å². The number of H-pyrrole nitrogens is 1. The van der Waals surface area contributed by atoms with Crippen LogP contribution in [-0.4, -0.2) is 24.6 Å². The number of hydrogen-bond donors (Lipinski definition) is 3. The maximum absolute atomic E-state index is 5.59. The van der Waals surface area contributed by atoms with Gasteiger partial charge in [0, 0.05) is 12.4 Å². The van der Waals surface area contributed by atoms with Gasteiger partial charge >= 0.3 is 0 Å². The van der Waals surface area contributed by atoms with E-state index in [1.54, 1.807) is 11.0 Å². The second kappa shape index (κ2) is 3.23. The quantitative estimate of drug-likeness (QED) is 0.582. The lowest BCUT2D eigenvalue weighted by Gasteiger charge is -2.07. The van der Waals surface area contributed by atoms with E-state index in [9.17, 15) is 0 Å². The summed E-state index contributed by atoms with van der Waals surface area (Å²) >= 11 is 0. The fourth-order valence-electron chi connectivity index (χ4n) is 1.46. The van der Waals surface area contributed by atoms with Crippen LogP contribution in [0.2, 0.25) is 0 Å². The first-order valence-corrected chi connectivity index (χ1v) is 4.69. The fraction of sp³-hybridized carbons (Fsp3) is 0. The molecule has 0 amide bonds. The Hall–Kier alpha value is -2.57. The molecule has 80 valence electrons. The molecule has 0 saturated carbocycles. The first kappa shape index (κ1) is 8.72. The predicted molar refractivity (Wildman–Crippen MR) is 59.5 cm³/mol. The van der Waals surface area contributed by atoms with E-state index < -0.39 is 0 Å². The summed E-state index contributed by atoms with van der Waals surface area (Å²) in [5.74, 6) is 0.783. The van der Waals surface area contributed by atoms with Crippen LogP contribution in [0.15, 0.2) is 30.9 Å². The van der Waals surface area contributed by atoms with Crippen molar-refractivity contribution in [2.24, 2.45) is 0 Å². The maximum atomic E-state index is 5.59. The highest BCUT2D eigenvalue weighted by molar-refractivity contribution is 5.83. The maximum Gasteiger partial charge on any atom is 0.224 e. The van der Waals surface area contributed by atoms with Crippen LogP contribution < -0.4 is 11.2 Å². The number of imidazole rings is 1. The lowest BCUT2D eigenvalue weighted by atomic mass is 10.5. The Morgan fingerprint density at radius 2 is 2.06 bits per heavy atom. The van der Waals surface area contributed by atoms with Gasteiger partial charge in [0.15, 0.2) is 11.5 Å². The third kappa shape index (κ3) is 1.34. The molecule has 0 bridgehead atoms. The number of aromatic nitrogens is 5. The molecule has 3 aromatic rings. The molecule has 3 heterocycles. The Kier molecular flexibility index (Phi) is 1.76. The van der Waals surface area contributed by atoms with Crippen molar-refractivity contribution in [1.29, 1.82) is 0 Å². The molecule has 16 heavy (non-hydrogen) atoms. The van der Waals surface area contributed by atoms with Crippen molar-refractivity contribution in [2.75, 3.05) is 11.2 Å². The van der Waals surface area contributed by atoms with Crippen molar-refractivity contribution in [3.8, 4) is 0 Å². The number of nitrogens with two attached hydrogens (primary N) is 1. The number of nitrogens with zero attached hydrogens (tertiary/aromatic N) is 4. The van der Waals surface area contributed by atoms with Crippen molar-refractivity contribution in [2.45, 2.75) is 0 Å². The molecular weight excluding hydrogens is 206 g/mol. The van der Waals surface area contributed by atoms with E-state index in [0.717, 1.165) is 5.52 Å². The van der Waals surface area contributed by atoms with Gasteiger partial charge in [-0.25, -0.2) is 4.98 Å². The standard InChI is InChI=1S/C9H9N7/c10-9-13-7-6(11-5-12-7)8(14-9)15-16-3-1-2-4-16/h1-5H,(H4,10,11,12,13,14,15). The van der Waals surface area contributed by atoms with Gasteiger partial charge in [-0.05, 0) is 12.1 Å². The van der Waals surface area contributed by atoms with Crippen molar-refractivity contribution in [3.05, 3.63) is 30.9 Å². The number of fused-ring (bicyclic) bond motifs is 1. The van der Waals surface area contributed by atoms with Crippen molar-refractivity contribution in [3.63, 3.8) is 0 Å². The number of anilines is 2. The average molecular weight is 215 g/mol. The zero-order chi connectivity index (χ0) is 11.0. The van der Waals surface area contributed by atoms with Crippen molar-refractivity contribution >= 4 is 22.9 Å². The SMILES string of the molecule is Nc1nc(Nn2cccc2)c2[nH]cnc2n1. The fourth-order valence-corrected chi connectivity index (χ4v) is 1.46. The summed E-state index contributed by atoms with van der Waals surface area (Å²) in [6.07, 6.45) is 5.28. The van der Waals surface area contributed by atoms with Gasteiger partial charge in [0.2, 0.25) is 5.95 Å². The van der Waals surface area contributed by atoms with Gasteiger partial charge in [0.25, 0.3) is 0 Å². The van der Waals surface area contributed by atoms with E-state index in [-0.39, 0.29) is 5.95 Å². The molecular formula is C9H9N7. The molecule has 0 saturated heterocycles. The van der Waals surface area contributed by atoms with E-state index in [1.807, 2.05) is 24.5 Å². The van der Waals surface area contributed by atoms with Crippen molar-refractivity contribution in [1.82, 2.24) is 24.6 Å². The zero-order valence-electron chi connectivity index (χ0n) is 8.25. The average Bonchev–Trinajstić information content (AvgIpc) is 2.87. The van der Waals surface area contributed by atoms with Crippen LogP contribution in [0, 0.1) is 0 Å². The largest absolute Gasteiger partial charge is 0.368 e. The first-order valence-electron chi connectivity index (χ1n) is 4.69. The molecule has 7 heteroatoms. The molecule has 3 aromatic heterocycles. The molecule has 0 atom stereocenters. The van der Waals surface area contributed by atoms with Crippen LogP contribution in [0.1, 0.15) is 0 Å². The highest BCUT2D eigenvalue weighted by Gasteiger charge is 2.07. The summed E-state index contributed by atoms with van der Waals surface area (Å²) < 4.78 is 1.77. The van der Waals surface area contributed by atoms with Crippen LogP contribution >= 0.6 is 0 Å². The van der Waals surface area contributed by atoms with Gasteiger partial charge in [0.05, 0.1) is 6.33 Å².